The van der Waals surface area contributed by atoms with Crippen molar-refractivity contribution in [2.24, 2.45) is 14.1 Å². The quantitative estimate of drug-likeness (QED) is 0.446. The number of amides is 1. The van der Waals surface area contributed by atoms with E-state index in [-0.39, 0.29) is 36.6 Å². The molecule has 1 aliphatic heterocycles. The van der Waals surface area contributed by atoms with Crippen molar-refractivity contribution in [1.82, 2.24) is 28.3 Å². The molecule has 0 saturated carbocycles. The molecule has 0 unspecified atom stereocenters. The summed E-state index contributed by atoms with van der Waals surface area (Å²) in [5.41, 5.74) is 1.21. The van der Waals surface area contributed by atoms with Gasteiger partial charge < -0.3 is 14.6 Å². The van der Waals surface area contributed by atoms with Crippen molar-refractivity contribution in [3.8, 4) is 5.75 Å². The molecular weight excluding hydrogens is 464 g/mol. The Morgan fingerprint density at radius 2 is 1.94 bits per heavy atom. The van der Waals surface area contributed by atoms with Gasteiger partial charge in [0.1, 0.15) is 12.3 Å². The Balaban J connectivity index is 1.38. The lowest BCUT2D eigenvalue weighted by Crippen LogP contribution is -2.41. The molecule has 34 heavy (non-hydrogen) atoms. The Labute approximate surface area is 195 Å². The minimum atomic E-state index is -3.58. The SMILES string of the molecule is COc1ccc2c(c1)CCN(S(=O)(=O)CCNC(=O)Cn1cnc3c1c(=O)n(C)c(=O)n3C)C2. The van der Waals surface area contributed by atoms with E-state index in [9.17, 15) is 22.8 Å². The van der Waals surface area contributed by atoms with Crippen LogP contribution < -0.4 is 21.3 Å². The Morgan fingerprint density at radius 3 is 2.68 bits per heavy atom. The molecule has 1 aromatic carbocycles. The molecule has 3 heterocycles. The van der Waals surface area contributed by atoms with E-state index >= 15 is 0 Å². The average molecular weight is 491 g/mol. The molecule has 1 N–H and O–H groups in total. The second-order valence-corrected chi connectivity index (χ2v) is 10.2. The summed E-state index contributed by atoms with van der Waals surface area (Å²) in [6.45, 7) is 0.331. The van der Waals surface area contributed by atoms with Crippen LogP contribution in [0.3, 0.4) is 0 Å². The summed E-state index contributed by atoms with van der Waals surface area (Å²) in [4.78, 5) is 41.0. The smallest absolute Gasteiger partial charge is 0.332 e. The largest absolute Gasteiger partial charge is 0.497 e. The summed E-state index contributed by atoms with van der Waals surface area (Å²) in [7, 11) is 0.847. The number of carbonyl (C=O) groups is 1. The van der Waals surface area contributed by atoms with Crippen LogP contribution in [0.5, 0.6) is 5.75 Å². The standard InChI is InChI=1S/C21H26N6O6S/c1-24-19-18(20(29)25(2)21(24)30)26(13-23-19)12-17(28)22-7-9-34(31,32)27-8-6-14-10-16(33-3)5-4-15(14)11-27/h4-5,10,13H,6-9,11-12H2,1-3H3,(H,22,28). The Morgan fingerprint density at radius 1 is 1.18 bits per heavy atom. The number of methoxy groups -OCH3 is 1. The molecule has 0 bridgehead atoms. The number of carbonyl (C=O) groups excluding carboxylic acids is 1. The zero-order chi connectivity index (χ0) is 24.6. The molecule has 1 aliphatic rings. The van der Waals surface area contributed by atoms with Gasteiger partial charge in [0.2, 0.25) is 15.9 Å². The minimum absolute atomic E-state index is 0.0732. The monoisotopic (exact) mass is 490 g/mol. The molecule has 182 valence electrons. The van der Waals surface area contributed by atoms with Gasteiger partial charge in [-0.1, -0.05) is 6.07 Å². The zero-order valence-electron chi connectivity index (χ0n) is 19.1. The number of hydrogen-bond acceptors (Lipinski definition) is 7. The zero-order valence-corrected chi connectivity index (χ0v) is 20.0. The summed E-state index contributed by atoms with van der Waals surface area (Å²) < 4.78 is 35.8. The summed E-state index contributed by atoms with van der Waals surface area (Å²) in [6.07, 6.45) is 1.89. The van der Waals surface area contributed by atoms with E-state index in [2.05, 4.69) is 10.3 Å². The number of aryl methyl sites for hydroxylation is 1. The third-order valence-electron chi connectivity index (χ3n) is 6.00. The van der Waals surface area contributed by atoms with Crippen LogP contribution in [0.1, 0.15) is 11.1 Å². The van der Waals surface area contributed by atoms with Crippen molar-refractivity contribution in [2.45, 2.75) is 19.5 Å². The molecule has 0 atom stereocenters. The van der Waals surface area contributed by atoms with Crippen LogP contribution >= 0.6 is 0 Å². The predicted octanol–water partition coefficient (Wildman–Crippen LogP) is -1.05. The Bertz CT molecular complexity index is 1490. The summed E-state index contributed by atoms with van der Waals surface area (Å²) in [6, 6.07) is 5.60. The van der Waals surface area contributed by atoms with E-state index in [1.165, 1.54) is 33.9 Å². The van der Waals surface area contributed by atoms with Gasteiger partial charge in [-0.3, -0.25) is 18.7 Å². The van der Waals surface area contributed by atoms with E-state index in [1.807, 2.05) is 12.1 Å². The Kier molecular flexibility index (Phi) is 6.32. The van der Waals surface area contributed by atoms with E-state index in [1.54, 1.807) is 13.2 Å². The van der Waals surface area contributed by atoms with Gasteiger partial charge in [0.15, 0.2) is 11.2 Å². The third-order valence-corrected chi connectivity index (χ3v) is 7.82. The highest BCUT2D eigenvalue weighted by molar-refractivity contribution is 7.89. The number of sulfonamides is 1. The molecule has 0 spiro atoms. The third kappa shape index (κ3) is 4.35. The molecule has 4 rings (SSSR count). The summed E-state index contributed by atoms with van der Waals surface area (Å²) in [5.74, 6) is 0.0237. The van der Waals surface area contributed by atoms with Crippen LogP contribution in [0.25, 0.3) is 11.2 Å². The molecule has 2 aromatic heterocycles. The van der Waals surface area contributed by atoms with Crippen molar-refractivity contribution in [3.63, 3.8) is 0 Å². The van der Waals surface area contributed by atoms with Crippen molar-refractivity contribution in [3.05, 3.63) is 56.5 Å². The first-order valence-corrected chi connectivity index (χ1v) is 12.2. The van der Waals surface area contributed by atoms with E-state index in [4.69, 9.17) is 4.74 Å². The maximum absolute atomic E-state index is 12.8. The lowest BCUT2D eigenvalue weighted by atomic mass is 10.0. The number of rotatable bonds is 7. The number of nitrogens with zero attached hydrogens (tertiary/aromatic N) is 5. The maximum atomic E-state index is 12.8. The highest BCUT2D eigenvalue weighted by Crippen LogP contribution is 2.25. The van der Waals surface area contributed by atoms with Gasteiger partial charge in [-0.25, -0.2) is 18.2 Å². The van der Waals surface area contributed by atoms with Crippen LogP contribution in [0.4, 0.5) is 0 Å². The number of aromatic nitrogens is 4. The summed E-state index contributed by atoms with van der Waals surface area (Å²) >= 11 is 0. The van der Waals surface area contributed by atoms with Gasteiger partial charge in [0.05, 0.1) is 19.2 Å². The van der Waals surface area contributed by atoms with Gasteiger partial charge in [0, 0.05) is 33.7 Å². The van der Waals surface area contributed by atoms with Crippen LogP contribution in [0.2, 0.25) is 0 Å². The number of benzene rings is 1. The fourth-order valence-corrected chi connectivity index (χ4v) is 5.37. The Hall–Kier alpha value is -3.45. The second kappa shape index (κ2) is 9.06. The topological polar surface area (TPSA) is 138 Å². The molecule has 12 nitrogen and oxygen atoms in total. The molecule has 0 aliphatic carbocycles. The molecule has 0 radical (unpaired) electrons. The van der Waals surface area contributed by atoms with Crippen molar-refractivity contribution in [2.75, 3.05) is 26.0 Å². The van der Waals surface area contributed by atoms with Crippen molar-refractivity contribution >= 4 is 27.1 Å². The molecule has 13 heteroatoms. The highest BCUT2D eigenvalue weighted by atomic mass is 32.2. The number of hydrogen-bond donors (Lipinski definition) is 1. The van der Waals surface area contributed by atoms with E-state index in [0.29, 0.717) is 13.0 Å². The maximum Gasteiger partial charge on any atom is 0.332 e. The summed E-state index contributed by atoms with van der Waals surface area (Å²) in [5, 5.41) is 2.59. The van der Waals surface area contributed by atoms with Gasteiger partial charge in [0.25, 0.3) is 5.56 Å². The van der Waals surface area contributed by atoms with E-state index < -0.39 is 27.2 Å². The molecule has 0 fully saturated rings. The fraction of sp³-hybridized carbons (Fsp3) is 0.429. The van der Waals surface area contributed by atoms with Gasteiger partial charge in [-0.05, 0) is 29.7 Å². The molecule has 3 aromatic rings. The number of nitrogens with one attached hydrogen (secondary N) is 1. The van der Waals surface area contributed by atoms with Crippen LogP contribution in [0.15, 0.2) is 34.1 Å². The number of imidazole rings is 1. The first kappa shape index (κ1) is 23.7. The number of ether oxygens (including phenoxy) is 1. The molecule has 1 amide bonds. The first-order chi connectivity index (χ1) is 16.1. The fourth-order valence-electron chi connectivity index (χ4n) is 4.04. The van der Waals surface area contributed by atoms with Crippen molar-refractivity contribution < 1.29 is 17.9 Å². The highest BCUT2D eigenvalue weighted by Gasteiger charge is 2.27. The van der Waals surface area contributed by atoms with Gasteiger partial charge >= 0.3 is 5.69 Å². The van der Waals surface area contributed by atoms with Crippen LogP contribution in [-0.2, 0) is 48.4 Å². The minimum Gasteiger partial charge on any atom is -0.497 e. The lowest BCUT2D eigenvalue weighted by molar-refractivity contribution is -0.121. The molecular formula is C21H26N6O6S. The van der Waals surface area contributed by atoms with Gasteiger partial charge in [-0.2, -0.15) is 4.31 Å². The lowest BCUT2D eigenvalue weighted by Gasteiger charge is -2.28. The normalized spacial score (nSPS) is 14.2. The van der Waals surface area contributed by atoms with Crippen LogP contribution in [0, 0.1) is 0 Å². The van der Waals surface area contributed by atoms with Crippen LogP contribution in [-0.4, -0.2) is 63.3 Å². The number of fused-ring (bicyclic) bond motifs is 2. The second-order valence-electron chi connectivity index (χ2n) is 8.13. The average Bonchev–Trinajstić information content (AvgIpc) is 3.24. The first-order valence-electron chi connectivity index (χ1n) is 10.6. The van der Waals surface area contributed by atoms with Crippen molar-refractivity contribution in [1.29, 1.82) is 0 Å². The molecule has 0 saturated heterocycles. The van der Waals surface area contributed by atoms with E-state index in [0.717, 1.165) is 21.4 Å². The van der Waals surface area contributed by atoms with Gasteiger partial charge in [-0.15, -0.1) is 0 Å². The predicted molar refractivity (Wildman–Crippen MR) is 124 cm³/mol.